The summed E-state index contributed by atoms with van der Waals surface area (Å²) < 4.78 is 2.15. The van der Waals surface area contributed by atoms with Crippen molar-refractivity contribution in [3.63, 3.8) is 0 Å². The SMILES string of the molecule is Clc1cc(Br)ccc1CNCc1cc(Br)cs1. The van der Waals surface area contributed by atoms with Crippen LogP contribution in [0.15, 0.2) is 38.6 Å². The van der Waals surface area contributed by atoms with Crippen LogP contribution in [0.1, 0.15) is 10.4 Å². The largest absolute Gasteiger partial charge is 0.308 e. The van der Waals surface area contributed by atoms with Gasteiger partial charge in [-0.05, 0) is 39.7 Å². The Kier molecular flexibility index (Phi) is 5.06. The lowest BCUT2D eigenvalue weighted by Crippen LogP contribution is -2.11. The molecule has 0 bridgehead atoms. The van der Waals surface area contributed by atoms with Crippen LogP contribution in [0.25, 0.3) is 0 Å². The van der Waals surface area contributed by atoms with E-state index in [1.54, 1.807) is 11.3 Å². The standard InChI is InChI=1S/C12H10Br2ClNS/c13-9-2-1-8(12(15)4-9)5-16-6-11-3-10(14)7-17-11/h1-4,7,16H,5-6H2. The molecule has 1 heterocycles. The molecule has 90 valence electrons. The molecule has 0 saturated heterocycles. The van der Waals surface area contributed by atoms with Crippen molar-refractivity contribution in [1.29, 1.82) is 0 Å². The fraction of sp³-hybridized carbons (Fsp3) is 0.167. The van der Waals surface area contributed by atoms with Crippen LogP contribution in [0.2, 0.25) is 5.02 Å². The van der Waals surface area contributed by atoms with E-state index < -0.39 is 0 Å². The average molecular weight is 396 g/mol. The minimum Gasteiger partial charge on any atom is -0.308 e. The summed E-state index contributed by atoms with van der Waals surface area (Å²) in [6, 6.07) is 8.08. The molecule has 0 atom stereocenters. The van der Waals surface area contributed by atoms with Gasteiger partial charge >= 0.3 is 0 Å². The summed E-state index contributed by atoms with van der Waals surface area (Å²) in [5.41, 5.74) is 1.12. The zero-order valence-electron chi connectivity index (χ0n) is 8.84. The van der Waals surface area contributed by atoms with Crippen molar-refractivity contribution in [2.75, 3.05) is 0 Å². The molecule has 5 heteroatoms. The minimum atomic E-state index is 0.779. The molecule has 1 nitrogen and oxygen atoms in total. The molecule has 0 spiro atoms. The number of halogens is 3. The molecular formula is C12H10Br2ClNS. The molecule has 1 aromatic carbocycles. The third-order valence-corrected chi connectivity index (χ3v) is 4.79. The van der Waals surface area contributed by atoms with E-state index in [1.165, 1.54) is 4.88 Å². The molecule has 0 aliphatic heterocycles. The van der Waals surface area contributed by atoms with Crippen LogP contribution in [0, 0.1) is 0 Å². The summed E-state index contributed by atoms with van der Waals surface area (Å²) in [5.74, 6) is 0. The van der Waals surface area contributed by atoms with Gasteiger partial charge in [0.15, 0.2) is 0 Å². The Bertz CT molecular complexity index is 513. The first-order valence-electron chi connectivity index (χ1n) is 5.03. The van der Waals surface area contributed by atoms with Crippen LogP contribution < -0.4 is 5.32 Å². The zero-order chi connectivity index (χ0) is 12.3. The van der Waals surface area contributed by atoms with Crippen molar-refractivity contribution in [1.82, 2.24) is 5.32 Å². The lowest BCUT2D eigenvalue weighted by atomic mass is 10.2. The predicted molar refractivity (Wildman–Crippen MR) is 81.7 cm³/mol. The molecule has 2 rings (SSSR count). The highest BCUT2D eigenvalue weighted by Crippen LogP contribution is 2.22. The van der Waals surface area contributed by atoms with E-state index in [0.717, 1.165) is 32.6 Å². The van der Waals surface area contributed by atoms with Crippen molar-refractivity contribution in [2.45, 2.75) is 13.1 Å². The van der Waals surface area contributed by atoms with Gasteiger partial charge in [0, 0.05) is 37.3 Å². The summed E-state index contributed by atoms with van der Waals surface area (Å²) in [7, 11) is 0. The highest BCUT2D eigenvalue weighted by molar-refractivity contribution is 9.10. The van der Waals surface area contributed by atoms with Gasteiger partial charge in [-0.15, -0.1) is 11.3 Å². The molecule has 1 aromatic heterocycles. The maximum atomic E-state index is 6.14. The van der Waals surface area contributed by atoms with E-state index in [1.807, 2.05) is 18.2 Å². The monoisotopic (exact) mass is 393 g/mol. The number of hydrogen-bond donors (Lipinski definition) is 1. The highest BCUT2D eigenvalue weighted by atomic mass is 79.9. The first-order chi connectivity index (χ1) is 8.15. The summed E-state index contributed by atoms with van der Waals surface area (Å²) in [6.45, 7) is 1.64. The Hall–Kier alpha value is 0.130. The number of thiophene rings is 1. The number of nitrogens with one attached hydrogen (secondary N) is 1. The Morgan fingerprint density at radius 3 is 2.59 bits per heavy atom. The third-order valence-electron chi connectivity index (χ3n) is 2.25. The van der Waals surface area contributed by atoms with Gasteiger partial charge in [0.05, 0.1) is 0 Å². The van der Waals surface area contributed by atoms with E-state index in [-0.39, 0.29) is 0 Å². The lowest BCUT2D eigenvalue weighted by Gasteiger charge is -2.06. The Balaban J connectivity index is 1.90. The minimum absolute atomic E-state index is 0.779. The van der Waals surface area contributed by atoms with Gasteiger partial charge in [0.2, 0.25) is 0 Å². The third kappa shape index (κ3) is 4.07. The molecule has 0 amide bonds. The molecule has 0 aliphatic carbocycles. The lowest BCUT2D eigenvalue weighted by molar-refractivity contribution is 0.701. The molecular weight excluding hydrogens is 385 g/mol. The van der Waals surface area contributed by atoms with E-state index in [9.17, 15) is 0 Å². The van der Waals surface area contributed by atoms with Crippen LogP contribution in [-0.2, 0) is 13.1 Å². The molecule has 17 heavy (non-hydrogen) atoms. The van der Waals surface area contributed by atoms with Crippen LogP contribution >= 0.6 is 54.8 Å². The zero-order valence-corrected chi connectivity index (χ0v) is 13.6. The normalized spacial score (nSPS) is 10.8. The molecule has 0 fully saturated rings. The summed E-state index contributed by atoms with van der Waals surface area (Å²) >= 11 is 14.7. The van der Waals surface area contributed by atoms with E-state index in [0.29, 0.717) is 0 Å². The van der Waals surface area contributed by atoms with Crippen LogP contribution in [-0.4, -0.2) is 0 Å². The maximum absolute atomic E-state index is 6.14. The topological polar surface area (TPSA) is 12.0 Å². The van der Waals surface area contributed by atoms with Crippen molar-refractivity contribution in [2.24, 2.45) is 0 Å². The van der Waals surface area contributed by atoms with Crippen molar-refractivity contribution in [3.05, 3.63) is 54.1 Å². The molecule has 0 unspecified atom stereocenters. The van der Waals surface area contributed by atoms with Crippen molar-refractivity contribution >= 4 is 54.8 Å². The number of rotatable bonds is 4. The second kappa shape index (κ2) is 6.34. The van der Waals surface area contributed by atoms with Gasteiger partial charge in [0.25, 0.3) is 0 Å². The number of benzene rings is 1. The first kappa shape index (κ1) is 13.6. The summed E-state index contributed by atoms with van der Waals surface area (Å²) in [5, 5.41) is 6.26. The molecule has 1 N–H and O–H groups in total. The quantitative estimate of drug-likeness (QED) is 0.749. The smallest absolute Gasteiger partial charge is 0.0462 e. The van der Waals surface area contributed by atoms with Gasteiger partial charge in [-0.2, -0.15) is 0 Å². The highest BCUT2D eigenvalue weighted by Gasteiger charge is 2.01. The Morgan fingerprint density at radius 2 is 1.94 bits per heavy atom. The van der Waals surface area contributed by atoms with Gasteiger partial charge in [0.1, 0.15) is 0 Å². The fourth-order valence-electron chi connectivity index (χ4n) is 1.43. The van der Waals surface area contributed by atoms with Gasteiger partial charge in [-0.25, -0.2) is 0 Å². The van der Waals surface area contributed by atoms with E-state index >= 15 is 0 Å². The molecule has 2 aromatic rings. The maximum Gasteiger partial charge on any atom is 0.0462 e. The van der Waals surface area contributed by atoms with Crippen LogP contribution in [0.4, 0.5) is 0 Å². The molecule has 0 saturated carbocycles. The Labute approximate surface area is 126 Å². The van der Waals surface area contributed by atoms with Crippen LogP contribution in [0.5, 0.6) is 0 Å². The average Bonchev–Trinajstić information content (AvgIpc) is 2.68. The summed E-state index contributed by atoms with van der Waals surface area (Å²) in [4.78, 5) is 1.31. The van der Waals surface area contributed by atoms with Gasteiger partial charge < -0.3 is 5.32 Å². The van der Waals surface area contributed by atoms with Gasteiger partial charge in [-0.1, -0.05) is 33.6 Å². The molecule has 0 radical (unpaired) electrons. The Morgan fingerprint density at radius 1 is 1.12 bits per heavy atom. The van der Waals surface area contributed by atoms with Crippen molar-refractivity contribution in [3.8, 4) is 0 Å². The van der Waals surface area contributed by atoms with E-state index in [4.69, 9.17) is 11.6 Å². The fourth-order valence-corrected chi connectivity index (χ4v) is 3.59. The first-order valence-corrected chi connectivity index (χ1v) is 7.87. The predicted octanol–water partition coefficient (Wildman–Crippen LogP) is 5.22. The molecule has 0 aliphatic rings. The van der Waals surface area contributed by atoms with Crippen LogP contribution in [0.3, 0.4) is 0 Å². The summed E-state index contributed by atoms with van der Waals surface area (Å²) in [6.07, 6.45) is 0. The van der Waals surface area contributed by atoms with Crippen molar-refractivity contribution < 1.29 is 0 Å². The second-order valence-corrected chi connectivity index (χ2v) is 6.80. The number of hydrogen-bond acceptors (Lipinski definition) is 2. The van der Waals surface area contributed by atoms with E-state index in [2.05, 4.69) is 48.6 Å². The second-order valence-electron chi connectivity index (χ2n) is 3.57. The van der Waals surface area contributed by atoms with Gasteiger partial charge in [-0.3, -0.25) is 0 Å².